The van der Waals surface area contributed by atoms with Gasteiger partial charge in [0.15, 0.2) is 12.4 Å². The molecule has 1 N–H and O–H groups in total. The van der Waals surface area contributed by atoms with Gasteiger partial charge in [0.05, 0.1) is 18.6 Å². The lowest BCUT2D eigenvalue weighted by atomic mass is 9.99. The topological polar surface area (TPSA) is 81.7 Å². The second-order valence-corrected chi connectivity index (χ2v) is 5.74. The number of hydrogen-bond donors (Lipinski definition) is 1. The summed E-state index contributed by atoms with van der Waals surface area (Å²) in [7, 11) is 1.31. The van der Waals surface area contributed by atoms with E-state index in [1.54, 1.807) is 49.4 Å². The van der Waals surface area contributed by atoms with Gasteiger partial charge in [-0.25, -0.2) is 4.79 Å². The van der Waals surface area contributed by atoms with Gasteiger partial charge in [0.2, 0.25) is 5.91 Å². The first-order valence-corrected chi connectivity index (χ1v) is 7.79. The summed E-state index contributed by atoms with van der Waals surface area (Å²) in [5.41, 5.74) is 2.46. The largest absolute Gasteiger partial charge is 0.485 e. The van der Waals surface area contributed by atoms with Gasteiger partial charge in [0.1, 0.15) is 5.75 Å². The Bertz CT molecular complexity index is 841. The summed E-state index contributed by atoms with van der Waals surface area (Å²) in [4.78, 5) is 35.4. The second kappa shape index (κ2) is 6.76. The monoisotopic (exact) mass is 339 g/mol. The highest BCUT2D eigenvalue weighted by molar-refractivity contribution is 6.05. The summed E-state index contributed by atoms with van der Waals surface area (Å²) >= 11 is 0. The minimum atomic E-state index is -0.432. The number of rotatable bonds is 5. The Labute approximate surface area is 144 Å². The summed E-state index contributed by atoms with van der Waals surface area (Å²) in [5, 5.41) is 2.77. The fourth-order valence-corrected chi connectivity index (χ4v) is 2.63. The third-order valence-electron chi connectivity index (χ3n) is 4.14. The van der Waals surface area contributed by atoms with Crippen LogP contribution in [0.3, 0.4) is 0 Å². The van der Waals surface area contributed by atoms with Gasteiger partial charge in [-0.3, -0.25) is 9.59 Å². The first kappa shape index (κ1) is 16.7. The predicted molar refractivity (Wildman–Crippen MR) is 91.1 cm³/mol. The van der Waals surface area contributed by atoms with E-state index in [2.05, 4.69) is 10.1 Å². The molecule has 0 saturated carbocycles. The maximum Gasteiger partial charge on any atom is 0.337 e. The number of nitrogens with one attached hydrogen (secondary N) is 1. The Morgan fingerprint density at radius 2 is 1.76 bits per heavy atom. The van der Waals surface area contributed by atoms with Crippen molar-refractivity contribution < 1.29 is 23.9 Å². The van der Waals surface area contributed by atoms with Crippen LogP contribution < -0.4 is 10.1 Å². The first-order valence-electron chi connectivity index (χ1n) is 7.79. The fourth-order valence-electron chi connectivity index (χ4n) is 2.63. The lowest BCUT2D eigenvalue weighted by Crippen LogP contribution is -2.12. The van der Waals surface area contributed by atoms with Crippen LogP contribution >= 0.6 is 0 Å². The van der Waals surface area contributed by atoms with E-state index < -0.39 is 5.97 Å². The highest BCUT2D eigenvalue weighted by Crippen LogP contribution is 2.32. The van der Waals surface area contributed by atoms with Crippen LogP contribution in [0.2, 0.25) is 0 Å². The Hall–Kier alpha value is -3.15. The molecule has 1 amide bonds. The van der Waals surface area contributed by atoms with Gasteiger partial charge in [0.25, 0.3) is 0 Å². The summed E-state index contributed by atoms with van der Waals surface area (Å²) in [6, 6.07) is 11.5. The van der Waals surface area contributed by atoms with Gasteiger partial charge in [-0.1, -0.05) is 0 Å². The van der Waals surface area contributed by atoms with Crippen LogP contribution in [-0.2, 0) is 9.53 Å². The number of anilines is 1. The zero-order chi connectivity index (χ0) is 18.0. The minimum absolute atomic E-state index is 0.0680. The number of hydrogen-bond acceptors (Lipinski definition) is 5. The van der Waals surface area contributed by atoms with E-state index in [4.69, 9.17) is 4.74 Å². The van der Waals surface area contributed by atoms with Crippen LogP contribution in [0.1, 0.15) is 39.1 Å². The number of amides is 1. The molecule has 2 aromatic rings. The molecule has 6 nitrogen and oxygen atoms in total. The molecule has 0 radical (unpaired) electrons. The average Bonchev–Trinajstić information content (AvgIpc) is 2.93. The van der Waals surface area contributed by atoms with Gasteiger partial charge >= 0.3 is 5.97 Å². The van der Waals surface area contributed by atoms with Crippen LogP contribution in [0.5, 0.6) is 5.75 Å². The minimum Gasteiger partial charge on any atom is -0.485 e. The average molecular weight is 339 g/mol. The number of Topliss-reactive ketones (excluding diaryl/α,β-unsaturated/α-hetero) is 1. The normalized spacial score (nSPS) is 15.3. The highest BCUT2D eigenvalue weighted by Gasteiger charge is 2.27. The van der Waals surface area contributed by atoms with E-state index in [9.17, 15) is 14.4 Å². The summed E-state index contributed by atoms with van der Waals surface area (Å²) < 4.78 is 10.1. The smallest absolute Gasteiger partial charge is 0.337 e. The molecule has 1 aliphatic rings. The Morgan fingerprint density at radius 3 is 2.44 bits per heavy atom. The Morgan fingerprint density at radius 1 is 1.08 bits per heavy atom. The van der Waals surface area contributed by atoms with E-state index in [0.29, 0.717) is 16.9 Å². The number of carbonyl (C=O) groups excluding carboxylic acids is 3. The fraction of sp³-hybridized carbons (Fsp3) is 0.211. The second-order valence-electron chi connectivity index (χ2n) is 5.74. The number of ketones is 1. The molecule has 0 unspecified atom stereocenters. The molecule has 0 bridgehead atoms. The van der Waals surface area contributed by atoms with Crippen LogP contribution in [0.4, 0.5) is 5.69 Å². The predicted octanol–water partition coefficient (Wildman–Crippen LogP) is 2.79. The van der Waals surface area contributed by atoms with E-state index in [1.165, 1.54) is 7.11 Å². The molecule has 1 aliphatic heterocycles. The van der Waals surface area contributed by atoms with Gasteiger partial charge in [0, 0.05) is 11.3 Å². The van der Waals surface area contributed by atoms with Gasteiger partial charge in [-0.15, -0.1) is 0 Å². The zero-order valence-electron chi connectivity index (χ0n) is 13.9. The number of carbonyl (C=O) groups is 3. The van der Waals surface area contributed by atoms with Crippen molar-refractivity contribution in [2.24, 2.45) is 0 Å². The molecule has 0 spiro atoms. The molecule has 2 aromatic carbocycles. The van der Waals surface area contributed by atoms with Crippen LogP contribution in [0.25, 0.3) is 0 Å². The lowest BCUT2D eigenvalue weighted by molar-refractivity contribution is -0.116. The number of benzene rings is 2. The molecule has 3 rings (SSSR count). The molecule has 0 fully saturated rings. The third-order valence-corrected chi connectivity index (χ3v) is 4.14. The number of fused-ring (bicyclic) bond motifs is 1. The molecule has 6 heteroatoms. The van der Waals surface area contributed by atoms with Crippen LogP contribution in [-0.4, -0.2) is 31.4 Å². The number of ether oxygens (including phenoxy) is 2. The van der Waals surface area contributed by atoms with Crippen molar-refractivity contribution in [1.29, 1.82) is 0 Å². The maximum absolute atomic E-state index is 12.3. The van der Waals surface area contributed by atoms with Gasteiger partial charge in [-0.05, 0) is 55.0 Å². The first-order chi connectivity index (χ1) is 12.0. The van der Waals surface area contributed by atoms with Crippen molar-refractivity contribution >= 4 is 23.3 Å². The molecule has 25 heavy (non-hydrogen) atoms. The summed E-state index contributed by atoms with van der Waals surface area (Å²) in [6.07, 6.45) is 0. The molecule has 0 aliphatic carbocycles. The summed E-state index contributed by atoms with van der Waals surface area (Å²) in [5.74, 6) is -0.479. The van der Waals surface area contributed by atoms with Gasteiger partial charge in [-0.2, -0.15) is 0 Å². The molecule has 0 aromatic heterocycles. The highest BCUT2D eigenvalue weighted by atomic mass is 16.5. The molecule has 1 atom stereocenters. The lowest BCUT2D eigenvalue weighted by Gasteiger charge is -2.08. The molecule has 0 saturated heterocycles. The standard InChI is InChI=1S/C19H17NO5/c1-11-15-9-13(5-8-16(15)20-18(11)22)17(21)10-25-14-6-3-12(4-7-14)19(23)24-2/h3-9,11H,10H2,1-2H3,(H,20,22)/t11-/m0/s1. The maximum atomic E-state index is 12.3. The molecule has 1 heterocycles. The van der Waals surface area contributed by atoms with Crippen molar-refractivity contribution in [2.75, 3.05) is 19.0 Å². The van der Waals surface area contributed by atoms with E-state index >= 15 is 0 Å². The third kappa shape index (κ3) is 3.38. The van der Waals surface area contributed by atoms with Crippen molar-refractivity contribution in [3.05, 3.63) is 59.2 Å². The van der Waals surface area contributed by atoms with Crippen LogP contribution in [0, 0.1) is 0 Å². The molecular weight excluding hydrogens is 322 g/mol. The van der Waals surface area contributed by atoms with Crippen LogP contribution in [0.15, 0.2) is 42.5 Å². The van der Waals surface area contributed by atoms with E-state index in [1.807, 2.05) is 0 Å². The van der Waals surface area contributed by atoms with Gasteiger partial charge < -0.3 is 14.8 Å². The quantitative estimate of drug-likeness (QED) is 0.669. The SMILES string of the molecule is COC(=O)c1ccc(OCC(=O)c2ccc3c(c2)[C@H](C)C(=O)N3)cc1. The van der Waals surface area contributed by atoms with Crippen molar-refractivity contribution in [3.8, 4) is 5.75 Å². The number of esters is 1. The number of methoxy groups -OCH3 is 1. The molecular formula is C19H17NO5. The Kier molecular flexibility index (Phi) is 4.52. The zero-order valence-corrected chi connectivity index (χ0v) is 13.9. The molecule has 128 valence electrons. The van der Waals surface area contributed by atoms with Crippen molar-refractivity contribution in [2.45, 2.75) is 12.8 Å². The summed E-state index contributed by atoms with van der Waals surface area (Å²) in [6.45, 7) is 1.67. The van der Waals surface area contributed by atoms with Crippen molar-refractivity contribution in [3.63, 3.8) is 0 Å². The van der Waals surface area contributed by atoms with E-state index in [-0.39, 0.29) is 24.2 Å². The van der Waals surface area contributed by atoms with E-state index in [0.717, 1.165) is 11.3 Å². The Balaban J connectivity index is 1.65. The van der Waals surface area contributed by atoms with Crippen molar-refractivity contribution in [1.82, 2.24) is 0 Å².